The number of hydrogen-bond acceptors (Lipinski definition) is 3. The molecule has 2 rings (SSSR count). The van der Waals surface area contributed by atoms with Gasteiger partial charge in [-0.2, -0.15) is 0 Å². The lowest BCUT2D eigenvalue weighted by Crippen LogP contribution is -1.98. The van der Waals surface area contributed by atoms with Crippen LogP contribution in [0.2, 0.25) is 0 Å². The Morgan fingerprint density at radius 1 is 1.29 bits per heavy atom. The number of rotatable bonds is 4. The molecule has 2 N–H and O–H groups in total. The summed E-state index contributed by atoms with van der Waals surface area (Å²) < 4.78 is 5.32. The summed E-state index contributed by atoms with van der Waals surface area (Å²) in [6.07, 6.45) is 3.83. The van der Waals surface area contributed by atoms with Crippen LogP contribution in [0.25, 0.3) is 10.6 Å². The molecule has 0 fully saturated rings. The molecule has 0 radical (unpaired) electrons. The quantitative estimate of drug-likeness (QED) is 0.837. The van der Waals surface area contributed by atoms with Crippen LogP contribution in [0.1, 0.15) is 11.3 Å². The summed E-state index contributed by atoms with van der Waals surface area (Å²) in [5.41, 5.74) is 5.46. The molecule has 0 saturated heterocycles. The van der Waals surface area contributed by atoms with E-state index in [2.05, 4.69) is 12.1 Å². The molecule has 2 heterocycles. The van der Waals surface area contributed by atoms with Gasteiger partial charge in [0.25, 0.3) is 0 Å². The molecule has 3 heteroatoms. The van der Waals surface area contributed by atoms with Crippen molar-refractivity contribution in [2.24, 2.45) is 5.73 Å². The molecule has 0 atom stereocenters. The first kappa shape index (κ1) is 9.49. The second-order valence-corrected chi connectivity index (χ2v) is 4.30. The fraction of sp³-hybridized carbons (Fsp3) is 0.273. The monoisotopic (exact) mass is 207 g/mol. The van der Waals surface area contributed by atoms with Crippen molar-refractivity contribution in [3.05, 3.63) is 35.4 Å². The van der Waals surface area contributed by atoms with Crippen molar-refractivity contribution >= 4 is 11.3 Å². The molecule has 0 spiro atoms. The van der Waals surface area contributed by atoms with Crippen molar-refractivity contribution in [3.8, 4) is 10.6 Å². The van der Waals surface area contributed by atoms with Crippen LogP contribution in [-0.4, -0.2) is 6.54 Å². The Bertz CT molecular complexity index is 378. The van der Waals surface area contributed by atoms with Gasteiger partial charge in [-0.05, 0) is 43.7 Å². The van der Waals surface area contributed by atoms with E-state index in [9.17, 15) is 0 Å². The zero-order chi connectivity index (χ0) is 9.80. The van der Waals surface area contributed by atoms with Crippen LogP contribution in [-0.2, 0) is 6.42 Å². The topological polar surface area (TPSA) is 39.2 Å². The lowest BCUT2D eigenvalue weighted by Gasteiger charge is -1.92. The van der Waals surface area contributed by atoms with E-state index in [1.165, 1.54) is 9.75 Å². The first-order valence-electron chi connectivity index (χ1n) is 4.73. The van der Waals surface area contributed by atoms with E-state index >= 15 is 0 Å². The van der Waals surface area contributed by atoms with Crippen molar-refractivity contribution in [2.75, 3.05) is 6.54 Å². The smallest absolute Gasteiger partial charge is 0.143 e. The Kier molecular flexibility index (Phi) is 3.01. The number of aryl methyl sites for hydroxylation is 1. The van der Waals surface area contributed by atoms with Crippen molar-refractivity contribution in [1.29, 1.82) is 0 Å². The highest BCUT2D eigenvalue weighted by molar-refractivity contribution is 7.15. The van der Waals surface area contributed by atoms with Gasteiger partial charge in [-0.1, -0.05) is 0 Å². The standard InChI is InChI=1S/C11H13NOS/c12-7-1-3-9-5-6-11(14-9)10-4-2-8-13-10/h2,4-6,8H,1,3,7,12H2. The van der Waals surface area contributed by atoms with Crippen molar-refractivity contribution in [3.63, 3.8) is 0 Å². The number of nitrogens with two attached hydrogens (primary N) is 1. The van der Waals surface area contributed by atoms with Gasteiger partial charge in [-0.25, -0.2) is 0 Å². The van der Waals surface area contributed by atoms with Gasteiger partial charge in [0, 0.05) is 4.88 Å². The van der Waals surface area contributed by atoms with E-state index in [0.29, 0.717) is 0 Å². The molecule has 2 aromatic rings. The molecule has 2 aromatic heterocycles. The highest BCUT2D eigenvalue weighted by Gasteiger charge is 2.04. The summed E-state index contributed by atoms with van der Waals surface area (Å²) >= 11 is 1.78. The van der Waals surface area contributed by atoms with E-state index < -0.39 is 0 Å². The molecule has 0 saturated carbocycles. The van der Waals surface area contributed by atoms with E-state index in [4.69, 9.17) is 10.2 Å². The highest BCUT2D eigenvalue weighted by Crippen LogP contribution is 2.28. The van der Waals surface area contributed by atoms with Crippen molar-refractivity contribution < 1.29 is 4.42 Å². The minimum Gasteiger partial charge on any atom is -0.464 e. The van der Waals surface area contributed by atoms with Crippen LogP contribution in [0.3, 0.4) is 0 Å². The molecule has 0 aliphatic heterocycles. The molecule has 0 aromatic carbocycles. The maximum Gasteiger partial charge on any atom is 0.143 e. The van der Waals surface area contributed by atoms with Crippen LogP contribution in [0, 0.1) is 0 Å². The maximum absolute atomic E-state index is 5.46. The van der Waals surface area contributed by atoms with Crippen molar-refractivity contribution in [1.82, 2.24) is 0 Å². The maximum atomic E-state index is 5.46. The highest BCUT2D eigenvalue weighted by atomic mass is 32.1. The molecule has 2 nitrogen and oxygen atoms in total. The van der Waals surface area contributed by atoms with E-state index in [-0.39, 0.29) is 0 Å². The van der Waals surface area contributed by atoms with E-state index in [1.807, 2.05) is 12.1 Å². The minimum absolute atomic E-state index is 0.758. The van der Waals surface area contributed by atoms with Crippen LogP contribution < -0.4 is 5.73 Å². The van der Waals surface area contributed by atoms with Crippen molar-refractivity contribution in [2.45, 2.75) is 12.8 Å². The lowest BCUT2D eigenvalue weighted by atomic mass is 10.2. The van der Waals surface area contributed by atoms with Crippen LogP contribution in [0.4, 0.5) is 0 Å². The predicted octanol–water partition coefficient (Wildman–Crippen LogP) is 2.90. The SMILES string of the molecule is NCCCc1ccc(-c2ccco2)s1. The first-order valence-corrected chi connectivity index (χ1v) is 5.54. The molecule has 0 unspecified atom stereocenters. The van der Waals surface area contributed by atoms with Gasteiger partial charge in [0.05, 0.1) is 11.1 Å². The van der Waals surface area contributed by atoms with Crippen LogP contribution >= 0.6 is 11.3 Å². The van der Waals surface area contributed by atoms with Crippen LogP contribution in [0.5, 0.6) is 0 Å². The van der Waals surface area contributed by atoms with Gasteiger partial charge in [0.15, 0.2) is 0 Å². The van der Waals surface area contributed by atoms with E-state index in [1.54, 1.807) is 17.6 Å². The minimum atomic E-state index is 0.758. The second kappa shape index (κ2) is 4.44. The molecular formula is C11H13NOS. The Morgan fingerprint density at radius 3 is 2.93 bits per heavy atom. The van der Waals surface area contributed by atoms with Crippen LogP contribution in [0.15, 0.2) is 34.9 Å². The van der Waals surface area contributed by atoms with Gasteiger partial charge in [-0.15, -0.1) is 11.3 Å². The molecule has 0 aliphatic rings. The Morgan fingerprint density at radius 2 is 2.21 bits per heavy atom. The predicted molar refractivity (Wildman–Crippen MR) is 59.4 cm³/mol. The normalized spacial score (nSPS) is 10.6. The molecule has 14 heavy (non-hydrogen) atoms. The largest absolute Gasteiger partial charge is 0.464 e. The second-order valence-electron chi connectivity index (χ2n) is 3.14. The summed E-state index contributed by atoms with van der Waals surface area (Å²) in [6, 6.07) is 8.15. The lowest BCUT2D eigenvalue weighted by molar-refractivity contribution is 0.584. The summed E-state index contributed by atoms with van der Waals surface area (Å²) in [4.78, 5) is 2.57. The Hall–Kier alpha value is -1.06. The average molecular weight is 207 g/mol. The third-order valence-electron chi connectivity index (χ3n) is 2.05. The zero-order valence-electron chi connectivity index (χ0n) is 7.90. The Balaban J connectivity index is 2.10. The molecule has 0 bridgehead atoms. The molecular weight excluding hydrogens is 194 g/mol. The zero-order valence-corrected chi connectivity index (χ0v) is 8.72. The van der Waals surface area contributed by atoms with Gasteiger partial charge < -0.3 is 10.2 Å². The van der Waals surface area contributed by atoms with Gasteiger partial charge >= 0.3 is 0 Å². The molecule has 74 valence electrons. The fourth-order valence-corrected chi connectivity index (χ4v) is 2.36. The van der Waals surface area contributed by atoms with Gasteiger partial charge in [0.2, 0.25) is 0 Å². The van der Waals surface area contributed by atoms with Gasteiger partial charge in [-0.3, -0.25) is 0 Å². The third-order valence-corrected chi connectivity index (χ3v) is 3.21. The van der Waals surface area contributed by atoms with Gasteiger partial charge in [0.1, 0.15) is 5.76 Å². The summed E-state index contributed by atoms with van der Waals surface area (Å²) in [7, 11) is 0. The number of furan rings is 1. The molecule has 0 aliphatic carbocycles. The fourth-order valence-electron chi connectivity index (χ4n) is 1.34. The number of hydrogen-bond donors (Lipinski definition) is 1. The average Bonchev–Trinajstić information content (AvgIpc) is 2.85. The first-order chi connectivity index (χ1) is 6.90. The Labute approximate surface area is 87.4 Å². The summed E-state index contributed by atoms with van der Waals surface area (Å²) in [5, 5.41) is 0. The molecule has 0 amide bonds. The van der Waals surface area contributed by atoms with E-state index in [0.717, 1.165) is 25.1 Å². The summed E-state index contributed by atoms with van der Waals surface area (Å²) in [5.74, 6) is 0.953. The number of thiophene rings is 1. The summed E-state index contributed by atoms with van der Waals surface area (Å²) in [6.45, 7) is 0.758. The third kappa shape index (κ3) is 2.05.